The maximum Gasteiger partial charge on any atom is 0.252 e. The van der Waals surface area contributed by atoms with Crippen LogP contribution in [-0.4, -0.2) is 38.7 Å². The molecule has 2 aromatic heterocycles. The molecule has 0 spiro atoms. The van der Waals surface area contributed by atoms with E-state index < -0.39 is 0 Å². The second-order valence-electron chi connectivity index (χ2n) is 8.59. The van der Waals surface area contributed by atoms with E-state index in [-0.39, 0.29) is 11.8 Å². The first kappa shape index (κ1) is 20.5. The smallest absolute Gasteiger partial charge is 0.252 e. The molecule has 0 saturated carbocycles. The van der Waals surface area contributed by atoms with Crippen molar-refractivity contribution in [3.8, 4) is 0 Å². The van der Waals surface area contributed by atoms with Crippen molar-refractivity contribution >= 4 is 16.9 Å². The van der Waals surface area contributed by atoms with E-state index in [4.69, 9.17) is 4.98 Å². The number of hydrogen-bond donors (Lipinski definition) is 1. The molecule has 0 bridgehead atoms. The molecule has 4 rings (SSSR count). The molecule has 1 aliphatic rings. The van der Waals surface area contributed by atoms with Crippen molar-refractivity contribution in [3.05, 3.63) is 58.4 Å². The van der Waals surface area contributed by atoms with E-state index in [9.17, 15) is 4.79 Å². The standard InChI is InChI=1S/C24H31N5O/c1-16(2)21-13-20(22-17(3)27-28(4)23(22)26-21)24(30)25-14-18-9-5-6-10-19(18)15-29-11-7-8-12-29/h5-6,9-10,13,16H,7-8,11-12,14-15H2,1-4H3,(H,25,30). The van der Waals surface area contributed by atoms with Gasteiger partial charge in [-0.15, -0.1) is 0 Å². The highest BCUT2D eigenvalue weighted by molar-refractivity contribution is 6.06. The molecule has 3 heterocycles. The Balaban J connectivity index is 1.59. The van der Waals surface area contributed by atoms with Crippen molar-refractivity contribution in [1.29, 1.82) is 0 Å². The number of nitrogens with zero attached hydrogens (tertiary/aromatic N) is 4. The molecule has 6 nitrogen and oxygen atoms in total. The molecule has 3 aromatic rings. The fraction of sp³-hybridized carbons (Fsp3) is 0.458. The van der Waals surface area contributed by atoms with Crippen molar-refractivity contribution in [1.82, 2.24) is 25.0 Å². The summed E-state index contributed by atoms with van der Waals surface area (Å²) in [6.45, 7) is 9.90. The predicted molar refractivity (Wildman–Crippen MR) is 119 cm³/mol. The Hall–Kier alpha value is -2.73. The SMILES string of the molecule is Cc1nn(C)c2nc(C(C)C)cc(C(=O)NCc3ccccc3CN3CCCC3)c12. The maximum absolute atomic E-state index is 13.2. The topological polar surface area (TPSA) is 63.1 Å². The molecule has 0 unspecified atom stereocenters. The van der Waals surface area contributed by atoms with Gasteiger partial charge in [0.2, 0.25) is 0 Å². The second-order valence-corrected chi connectivity index (χ2v) is 8.59. The van der Waals surface area contributed by atoms with Crippen LogP contribution in [0.15, 0.2) is 30.3 Å². The van der Waals surface area contributed by atoms with Crippen LogP contribution >= 0.6 is 0 Å². The average Bonchev–Trinajstić information content (AvgIpc) is 3.34. The molecule has 6 heteroatoms. The van der Waals surface area contributed by atoms with Gasteiger partial charge in [-0.3, -0.25) is 14.4 Å². The van der Waals surface area contributed by atoms with Crippen molar-refractivity contribution in [2.75, 3.05) is 13.1 Å². The number of nitrogens with one attached hydrogen (secondary N) is 1. The van der Waals surface area contributed by atoms with Gasteiger partial charge in [-0.05, 0) is 56.0 Å². The van der Waals surface area contributed by atoms with Gasteiger partial charge >= 0.3 is 0 Å². The van der Waals surface area contributed by atoms with Gasteiger partial charge in [-0.2, -0.15) is 5.10 Å². The number of fused-ring (bicyclic) bond motifs is 1. The minimum absolute atomic E-state index is 0.0728. The molecule has 1 fully saturated rings. The Labute approximate surface area is 178 Å². The Morgan fingerprint density at radius 1 is 1.17 bits per heavy atom. The van der Waals surface area contributed by atoms with Crippen LogP contribution in [0.1, 0.15) is 65.5 Å². The van der Waals surface area contributed by atoms with E-state index in [0.717, 1.165) is 42.1 Å². The molecule has 0 radical (unpaired) electrons. The maximum atomic E-state index is 13.2. The molecular weight excluding hydrogens is 374 g/mol. The highest BCUT2D eigenvalue weighted by Gasteiger charge is 2.20. The highest BCUT2D eigenvalue weighted by Crippen LogP contribution is 2.25. The summed E-state index contributed by atoms with van der Waals surface area (Å²) < 4.78 is 1.76. The molecule has 158 valence electrons. The second kappa shape index (κ2) is 8.56. The Morgan fingerprint density at radius 3 is 2.57 bits per heavy atom. The van der Waals surface area contributed by atoms with E-state index in [1.807, 2.05) is 26.1 Å². The number of amides is 1. The van der Waals surface area contributed by atoms with Gasteiger partial charge < -0.3 is 5.32 Å². The normalized spacial score (nSPS) is 14.7. The molecule has 1 N–H and O–H groups in total. The van der Waals surface area contributed by atoms with Gasteiger partial charge in [0.25, 0.3) is 5.91 Å². The lowest BCUT2D eigenvalue weighted by atomic mass is 10.0. The first-order valence-electron chi connectivity index (χ1n) is 10.9. The zero-order valence-corrected chi connectivity index (χ0v) is 18.4. The highest BCUT2D eigenvalue weighted by atomic mass is 16.1. The summed E-state index contributed by atoms with van der Waals surface area (Å²) in [5.74, 6) is 0.161. The summed E-state index contributed by atoms with van der Waals surface area (Å²) in [4.78, 5) is 20.5. The fourth-order valence-electron chi connectivity index (χ4n) is 4.28. The van der Waals surface area contributed by atoms with Crippen LogP contribution in [0, 0.1) is 6.92 Å². The van der Waals surface area contributed by atoms with Gasteiger partial charge in [0, 0.05) is 25.8 Å². The molecule has 1 saturated heterocycles. The number of aromatic nitrogens is 3. The zero-order chi connectivity index (χ0) is 21.3. The molecule has 1 amide bonds. The zero-order valence-electron chi connectivity index (χ0n) is 18.4. The third-order valence-corrected chi connectivity index (χ3v) is 5.98. The molecular formula is C24H31N5O. The summed E-state index contributed by atoms with van der Waals surface area (Å²) in [5.41, 5.74) is 5.62. The first-order chi connectivity index (χ1) is 14.4. The average molecular weight is 406 g/mol. The number of carbonyl (C=O) groups excluding carboxylic acids is 1. The number of hydrogen-bond acceptors (Lipinski definition) is 4. The largest absolute Gasteiger partial charge is 0.348 e. The van der Waals surface area contributed by atoms with Gasteiger partial charge in [0.1, 0.15) is 0 Å². The third-order valence-electron chi connectivity index (χ3n) is 5.98. The molecule has 30 heavy (non-hydrogen) atoms. The van der Waals surface area contributed by atoms with Gasteiger partial charge in [0.15, 0.2) is 5.65 Å². The lowest BCUT2D eigenvalue weighted by molar-refractivity contribution is 0.0952. The van der Waals surface area contributed by atoms with Gasteiger partial charge in [-0.25, -0.2) is 4.98 Å². The van der Waals surface area contributed by atoms with Crippen LogP contribution in [0.2, 0.25) is 0 Å². The quantitative estimate of drug-likeness (QED) is 0.675. The monoisotopic (exact) mass is 405 g/mol. The van der Waals surface area contributed by atoms with Crippen LogP contribution < -0.4 is 5.32 Å². The van der Waals surface area contributed by atoms with E-state index in [1.54, 1.807) is 4.68 Å². The molecule has 0 aliphatic carbocycles. The molecule has 1 aliphatic heterocycles. The van der Waals surface area contributed by atoms with Crippen LogP contribution in [0.4, 0.5) is 0 Å². The van der Waals surface area contributed by atoms with E-state index >= 15 is 0 Å². The Kier molecular flexibility index (Phi) is 5.86. The van der Waals surface area contributed by atoms with Crippen LogP contribution in [0.5, 0.6) is 0 Å². The number of aryl methyl sites for hydroxylation is 2. The third kappa shape index (κ3) is 4.10. The number of rotatable bonds is 6. The minimum Gasteiger partial charge on any atom is -0.348 e. The van der Waals surface area contributed by atoms with Crippen molar-refractivity contribution in [3.63, 3.8) is 0 Å². The fourth-order valence-corrected chi connectivity index (χ4v) is 4.28. The van der Waals surface area contributed by atoms with Crippen molar-refractivity contribution < 1.29 is 4.79 Å². The predicted octanol–water partition coefficient (Wildman–Crippen LogP) is 3.93. The number of pyridine rings is 1. The van der Waals surface area contributed by atoms with Crippen LogP contribution in [0.25, 0.3) is 11.0 Å². The van der Waals surface area contributed by atoms with Crippen molar-refractivity contribution in [2.24, 2.45) is 7.05 Å². The van der Waals surface area contributed by atoms with Crippen LogP contribution in [-0.2, 0) is 20.1 Å². The molecule has 1 aromatic carbocycles. The lowest BCUT2D eigenvalue weighted by Crippen LogP contribution is -2.25. The number of benzene rings is 1. The van der Waals surface area contributed by atoms with Gasteiger partial charge in [0.05, 0.1) is 16.6 Å². The van der Waals surface area contributed by atoms with Gasteiger partial charge in [-0.1, -0.05) is 38.1 Å². The van der Waals surface area contributed by atoms with Crippen molar-refractivity contribution in [2.45, 2.75) is 52.6 Å². The summed E-state index contributed by atoms with van der Waals surface area (Å²) >= 11 is 0. The summed E-state index contributed by atoms with van der Waals surface area (Å²) in [6, 6.07) is 10.3. The molecule has 0 atom stereocenters. The van der Waals surface area contributed by atoms with E-state index in [2.05, 4.69) is 47.4 Å². The number of likely N-dealkylation sites (tertiary alicyclic amines) is 1. The lowest BCUT2D eigenvalue weighted by Gasteiger charge is -2.18. The van der Waals surface area contributed by atoms with Crippen LogP contribution in [0.3, 0.4) is 0 Å². The number of carbonyl (C=O) groups is 1. The first-order valence-corrected chi connectivity index (χ1v) is 10.9. The minimum atomic E-state index is -0.0728. The summed E-state index contributed by atoms with van der Waals surface area (Å²) in [7, 11) is 1.88. The summed E-state index contributed by atoms with van der Waals surface area (Å²) in [5, 5.41) is 8.48. The van der Waals surface area contributed by atoms with E-state index in [0.29, 0.717) is 12.1 Å². The Bertz CT molecular complexity index is 1060. The summed E-state index contributed by atoms with van der Waals surface area (Å²) in [6.07, 6.45) is 2.55. The van der Waals surface area contributed by atoms with E-state index in [1.165, 1.54) is 24.0 Å². The Morgan fingerprint density at radius 2 is 1.87 bits per heavy atom.